The van der Waals surface area contributed by atoms with E-state index in [2.05, 4.69) is 9.88 Å². The van der Waals surface area contributed by atoms with Gasteiger partial charge in [0.05, 0.1) is 6.61 Å². The van der Waals surface area contributed by atoms with Crippen molar-refractivity contribution < 1.29 is 14.6 Å². The fourth-order valence-electron chi connectivity index (χ4n) is 2.60. The lowest BCUT2D eigenvalue weighted by molar-refractivity contribution is -0.0460. The van der Waals surface area contributed by atoms with Gasteiger partial charge in [-0.05, 0) is 19.1 Å². The second-order valence-corrected chi connectivity index (χ2v) is 6.61. The van der Waals surface area contributed by atoms with Gasteiger partial charge in [0.2, 0.25) is 0 Å². The van der Waals surface area contributed by atoms with Crippen molar-refractivity contribution >= 4 is 11.3 Å². The van der Waals surface area contributed by atoms with Crippen molar-refractivity contribution in [1.29, 1.82) is 0 Å². The summed E-state index contributed by atoms with van der Waals surface area (Å²) in [7, 11) is 0. The molecule has 1 aromatic heterocycles. The van der Waals surface area contributed by atoms with Gasteiger partial charge in [-0.15, -0.1) is 11.3 Å². The van der Waals surface area contributed by atoms with Crippen molar-refractivity contribution in [3.05, 3.63) is 46.4 Å². The third kappa shape index (κ3) is 4.75. The zero-order chi connectivity index (χ0) is 16.1. The molecular weight excluding hydrogens is 312 g/mol. The van der Waals surface area contributed by atoms with E-state index in [4.69, 9.17) is 9.47 Å². The Hall–Kier alpha value is -1.47. The highest BCUT2D eigenvalue weighted by molar-refractivity contribution is 7.09. The fraction of sp³-hybridized carbons (Fsp3) is 0.471. The predicted molar refractivity (Wildman–Crippen MR) is 89.9 cm³/mol. The highest BCUT2D eigenvalue weighted by atomic mass is 32.1. The SMILES string of the molecule is Cc1csc([C@@H]2CN(C[C@@H](O)COc3ccccc3)CCO2)n1. The number of hydrogen-bond donors (Lipinski definition) is 1. The minimum atomic E-state index is -0.521. The maximum atomic E-state index is 10.2. The number of morpholine rings is 1. The highest BCUT2D eigenvalue weighted by Gasteiger charge is 2.25. The molecule has 2 atom stereocenters. The van der Waals surface area contributed by atoms with Gasteiger partial charge in [-0.3, -0.25) is 4.90 Å². The van der Waals surface area contributed by atoms with Crippen molar-refractivity contribution in [1.82, 2.24) is 9.88 Å². The molecule has 1 N–H and O–H groups in total. The summed E-state index contributed by atoms with van der Waals surface area (Å²) in [6.45, 7) is 5.11. The van der Waals surface area contributed by atoms with E-state index in [0.717, 1.165) is 29.5 Å². The van der Waals surface area contributed by atoms with Crippen LogP contribution in [-0.2, 0) is 4.74 Å². The van der Waals surface area contributed by atoms with Gasteiger partial charge in [-0.25, -0.2) is 4.98 Å². The highest BCUT2D eigenvalue weighted by Crippen LogP contribution is 2.25. The van der Waals surface area contributed by atoms with Crippen molar-refractivity contribution in [2.24, 2.45) is 0 Å². The lowest BCUT2D eigenvalue weighted by atomic mass is 10.2. The molecule has 0 bridgehead atoms. The van der Waals surface area contributed by atoms with Crippen molar-refractivity contribution in [3.8, 4) is 5.75 Å². The molecule has 2 heterocycles. The number of aryl methyl sites for hydroxylation is 1. The number of β-amino-alcohol motifs (C(OH)–C–C–N with tert-alkyl or cyclic N) is 1. The second-order valence-electron chi connectivity index (χ2n) is 5.72. The number of aliphatic hydroxyl groups excluding tert-OH is 1. The van der Waals surface area contributed by atoms with Crippen molar-refractivity contribution in [2.45, 2.75) is 19.1 Å². The topological polar surface area (TPSA) is 54.8 Å². The first kappa shape index (κ1) is 16.4. The van der Waals surface area contributed by atoms with Crippen LogP contribution in [0.1, 0.15) is 16.8 Å². The van der Waals surface area contributed by atoms with E-state index in [1.54, 1.807) is 11.3 Å². The van der Waals surface area contributed by atoms with E-state index in [0.29, 0.717) is 19.8 Å². The summed E-state index contributed by atoms with van der Waals surface area (Å²) in [5.41, 5.74) is 1.03. The van der Waals surface area contributed by atoms with Crippen LogP contribution in [0.3, 0.4) is 0 Å². The average molecular weight is 334 g/mol. The molecule has 0 aliphatic carbocycles. The molecule has 1 aliphatic rings. The van der Waals surface area contributed by atoms with Gasteiger partial charge in [0.25, 0.3) is 0 Å². The number of benzene rings is 1. The molecule has 1 saturated heterocycles. The van der Waals surface area contributed by atoms with Crippen molar-refractivity contribution in [3.63, 3.8) is 0 Å². The summed E-state index contributed by atoms with van der Waals surface area (Å²) in [5, 5.41) is 13.3. The van der Waals surface area contributed by atoms with Crippen LogP contribution in [0.5, 0.6) is 5.75 Å². The maximum Gasteiger partial charge on any atom is 0.123 e. The number of thiazole rings is 1. The minimum absolute atomic E-state index is 0.00434. The van der Waals surface area contributed by atoms with Gasteiger partial charge >= 0.3 is 0 Å². The Morgan fingerprint density at radius 3 is 3.00 bits per heavy atom. The first-order valence-corrected chi connectivity index (χ1v) is 8.70. The Balaban J connectivity index is 1.47. The molecule has 1 fully saturated rings. The van der Waals surface area contributed by atoms with E-state index in [1.165, 1.54) is 0 Å². The van der Waals surface area contributed by atoms with E-state index in [1.807, 2.05) is 42.6 Å². The summed E-state index contributed by atoms with van der Waals surface area (Å²) in [5.74, 6) is 0.782. The van der Waals surface area contributed by atoms with Crippen LogP contribution >= 0.6 is 11.3 Å². The lowest BCUT2D eigenvalue weighted by Gasteiger charge is -2.33. The van der Waals surface area contributed by atoms with E-state index >= 15 is 0 Å². The molecule has 0 spiro atoms. The smallest absolute Gasteiger partial charge is 0.123 e. The third-order valence-corrected chi connectivity index (χ3v) is 4.77. The van der Waals surface area contributed by atoms with Gasteiger partial charge < -0.3 is 14.6 Å². The molecule has 2 aromatic rings. The molecule has 5 nitrogen and oxygen atoms in total. The molecule has 0 amide bonds. The lowest BCUT2D eigenvalue weighted by Crippen LogP contribution is -2.43. The summed E-state index contributed by atoms with van der Waals surface area (Å²) in [4.78, 5) is 6.72. The number of hydrogen-bond acceptors (Lipinski definition) is 6. The van der Waals surface area contributed by atoms with Crippen LogP contribution in [0, 0.1) is 6.92 Å². The van der Waals surface area contributed by atoms with Gasteiger partial charge in [0.1, 0.15) is 29.6 Å². The molecule has 1 aromatic carbocycles. The summed E-state index contributed by atoms with van der Waals surface area (Å²) < 4.78 is 11.4. The molecule has 0 unspecified atom stereocenters. The van der Waals surface area contributed by atoms with E-state index < -0.39 is 6.10 Å². The van der Waals surface area contributed by atoms with Crippen LogP contribution in [0.2, 0.25) is 0 Å². The predicted octanol–water partition coefficient (Wildman–Crippen LogP) is 2.26. The quantitative estimate of drug-likeness (QED) is 0.878. The minimum Gasteiger partial charge on any atom is -0.491 e. The number of nitrogens with zero attached hydrogens (tertiary/aromatic N) is 2. The Morgan fingerprint density at radius 2 is 2.26 bits per heavy atom. The number of aliphatic hydroxyl groups is 1. The molecule has 124 valence electrons. The number of rotatable bonds is 6. The Kier molecular flexibility index (Phi) is 5.61. The maximum absolute atomic E-state index is 10.2. The Morgan fingerprint density at radius 1 is 1.43 bits per heavy atom. The zero-order valence-corrected chi connectivity index (χ0v) is 14.0. The fourth-order valence-corrected chi connectivity index (χ4v) is 3.43. The zero-order valence-electron chi connectivity index (χ0n) is 13.2. The monoisotopic (exact) mass is 334 g/mol. The van der Waals surface area contributed by atoms with Gasteiger partial charge in [0.15, 0.2) is 0 Å². The molecule has 0 radical (unpaired) electrons. The average Bonchev–Trinajstić information content (AvgIpc) is 3.01. The third-order valence-electron chi connectivity index (χ3n) is 3.72. The van der Waals surface area contributed by atoms with Crippen LogP contribution in [-0.4, -0.2) is 53.9 Å². The molecule has 0 saturated carbocycles. The van der Waals surface area contributed by atoms with Gasteiger partial charge in [-0.1, -0.05) is 18.2 Å². The molecule has 6 heteroatoms. The molecular formula is C17H22N2O3S. The number of aromatic nitrogens is 1. The second kappa shape index (κ2) is 7.88. The van der Waals surface area contributed by atoms with Gasteiger partial charge in [0, 0.05) is 30.7 Å². The number of ether oxygens (including phenoxy) is 2. The molecule has 23 heavy (non-hydrogen) atoms. The van der Waals surface area contributed by atoms with Crippen molar-refractivity contribution in [2.75, 3.05) is 32.8 Å². The summed E-state index contributed by atoms with van der Waals surface area (Å²) in [6.07, 6.45) is -0.517. The summed E-state index contributed by atoms with van der Waals surface area (Å²) >= 11 is 1.63. The van der Waals surface area contributed by atoms with Crippen LogP contribution in [0.4, 0.5) is 0 Å². The summed E-state index contributed by atoms with van der Waals surface area (Å²) in [6, 6.07) is 9.57. The van der Waals surface area contributed by atoms with E-state index in [-0.39, 0.29) is 6.10 Å². The van der Waals surface area contributed by atoms with Gasteiger partial charge in [-0.2, -0.15) is 0 Å². The Bertz CT molecular complexity index is 605. The van der Waals surface area contributed by atoms with Crippen LogP contribution < -0.4 is 4.74 Å². The van der Waals surface area contributed by atoms with E-state index in [9.17, 15) is 5.11 Å². The van der Waals surface area contributed by atoms with Crippen LogP contribution in [0.15, 0.2) is 35.7 Å². The molecule has 3 rings (SSSR count). The largest absolute Gasteiger partial charge is 0.491 e. The molecule has 1 aliphatic heterocycles. The van der Waals surface area contributed by atoms with Crippen LogP contribution in [0.25, 0.3) is 0 Å². The standard InChI is InChI=1S/C17H22N2O3S/c1-13-12-23-17(18-13)16-10-19(7-8-21-16)9-14(20)11-22-15-5-3-2-4-6-15/h2-6,12,14,16,20H,7-11H2,1H3/t14-,16+/m1/s1. The first-order chi connectivity index (χ1) is 11.2. The first-order valence-electron chi connectivity index (χ1n) is 7.82. The Labute approximate surface area is 140 Å². The normalized spacial score (nSPS) is 20.3. The number of para-hydroxylation sites is 1.